The number of hydrogen-bond acceptors (Lipinski definition) is 25. The molecule has 0 saturated carbocycles. The highest BCUT2D eigenvalue weighted by atomic mass is 35.5. The summed E-state index contributed by atoms with van der Waals surface area (Å²) in [6.07, 6.45) is 35.0. The SMILES string of the molecule is Clc1cc2sc(N3CCC(N4CCCCC4)CC3)nc2cn1.OC(c1ccccc1)c1ccnc2nc(N3CCC(N4CCCCC4)CC3)oc12.OC(c1ccccc1)c1cnc2nc(N3CCC(N4CCCCC4)CC3)oc2c1.c1cnc(Nc2cnc3nc(N4CCC(N5CCCCC5)CC4)sc3c2)nc1. The van der Waals surface area contributed by atoms with Crippen molar-refractivity contribution in [2.75, 3.05) is 130 Å². The van der Waals surface area contributed by atoms with Crippen molar-refractivity contribution < 1.29 is 19.0 Å². The summed E-state index contributed by atoms with van der Waals surface area (Å²) in [5.41, 5.74) is 8.14. The fourth-order valence-corrected chi connectivity index (χ4v) is 19.5. The number of nitrogens with one attached hydrogen (secondary N) is 1. The fourth-order valence-electron chi connectivity index (χ4n) is 17.2. The summed E-state index contributed by atoms with van der Waals surface area (Å²) in [6, 6.07) is 32.9. The molecule has 8 aliphatic rings. The van der Waals surface area contributed by atoms with Crippen LogP contribution in [-0.4, -0.2) is 209 Å². The zero-order valence-electron chi connectivity index (χ0n) is 62.0. The van der Waals surface area contributed by atoms with Gasteiger partial charge in [-0.3, -0.25) is 0 Å². The van der Waals surface area contributed by atoms with E-state index in [1.165, 1.54) is 155 Å². The highest BCUT2D eigenvalue weighted by molar-refractivity contribution is 7.22. The van der Waals surface area contributed by atoms with E-state index in [0.29, 0.717) is 63.2 Å². The maximum absolute atomic E-state index is 10.9. The first kappa shape index (κ1) is 74.0. The van der Waals surface area contributed by atoms with Crippen LogP contribution in [0.3, 0.4) is 0 Å². The second-order valence-electron chi connectivity index (χ2n) is 30.2. The van der Waals surface area contributed by atoms with Gasteiger partial charge in [0.1, 0.15) is 22.9 Å². The van der Waals surface area contributed by atoms with E-state index in [0.717, 1.165) is 143 Å². The number of hydrogen-bond donors (Lipinski definition) is 3. The third-order valence-electron chi connectivity index (χ3n) is 23.3. The predicted octanol–water partition coefficient (Wildman–Crippen LogP) is 15.0. The van der Waals surface area contributed by atoms with E-state index in [4.69, 9.17) is 30.4 Å². The lowest BCUT2D eigenvalue weighted by atomic mass is 10.0. The molecule has 2 unspecified atom stereocenters. The Bertz CT molecular complexity index is 4610. The van der Waals surface area contributed by atoms with Gasteiger partial charge < -0.3 is 63.6 Å². The molecule has 0 bridgehead atoms. The molecule has 8 fully saturated rings. The normalized spacial score (nSPS) is 20.2. The molecule has 9 aromatic heterocycles. The van der Waals surface area contributed by atoms with Crippen LogP contribution >= 0.6 is 34.3 Å². The first-order valence-corrected chi connectivity index (χ1v) is 41.9. The van der Waals surface area contributed by atoms with Crippen LogP contribution in [0.5, 0.6) is 0 Å². The highest BCUT2D eigenvalue weighted by Crippen LogP contribution is 2.38. The molecule has 0 amide bonds. The molecule has 2 atom stereocenters. The van der Waals surface area contributed by atoms with Gasteiger partial charge in [0.15, 0.2) is 27.1 Å². The summed E-state index contributed by atoms with van der Waals surface area (Å²) in [7, 11) is 0. The van der Waals surface area contributed by atoms with Gasteiger partial charge in [-0.25, -0.2) is 34.9 Å². The number of anilines is 6. The molecule has 23 nitrogen and oxygen atoms in total. The number of aliphatic hydroxyl groups is 2. The summed E-state index contributed by atoms with van der Waals surface area (Å²) in [5.74, 6) is 0.577. The third-order valence-corrected chi connectivity index (χ3v) is 25.6. The standard InChI is InChI=1S/2C23H28N4O2.C20H25N7S.C16H21ClN4S/c28-20(17-7-3-1-4-8-17)19-9-12-24-22-21(19)29-23(25-22)27-15-10-18(11-16-27)26-13-5-2-6-14-26;28-21(17-7-3-1-4-8-17)18-15-20-22(24-16-18)25-23(29-20)27-13-9-19(10-14-27)26-11-5-2-6-12-26;1-2-9-26(10-3-1)16-5-11-27(12-6-16)20-25-18-17(28-20)13-15(14-23-18)24-19-21-7-4-8-22-19;17-15-10-14-13(11-18-15)19-16(22-14)21-8-4-12(5-9-21)20-6-2-1-3-7-20/h1,3-4,7-9,12,18,20,28H,2,5-6,10-11,13-16H2;1,3-4,7-8,15-16,19,21,28H,2,5-6,9-14H2;4,7-8,13-14,16H,1-3,5-6,9-12H2,(H,21,22,24);10-12H,1-9H2. The number of fused-ring (bicyclic) bond motifs is 4. The molecule has 2 aromatic carbocycles. The summed E-state index contributed by atoms with van der Waals surface area (Å²) < 4.78 is 14.4. The van der Waals surface area contributed by atoms with Gasteiger partial charge in [-0.1, -0.05) is 121 Å². The second-order valence-corrected chi connectivity index (χ2v) is 32.6. The molecule has 19 rings (SSSR count). The van der Waals surface area contributed by atoms with Crippen LogP contribution in [-0.2, 0) is 0 Å². The van der Waals surface area contributed by atoms with Crippen LogP contribution in [0.4, 0.5) is 33.9 Å². The van der Waals surface area contributed by atoms with Gasteiger partial charge >= 0.3 is 0 Å². The number of thiazole rings is 2. The largest absolute Gasteiger partial charge is 0.422 e. The zero-order valence-corrected chi connectivity index (χ0v) is 64.4. The lowest BCUT2D eigenvalue weighted by molar-refractivity contribution is 0.140. The maximum Gasteiger partial charge on any atom is 0.299 e. The number of halogens is 1. The number of pyridine rings is 4. The Morgan fingerprint density at radius 3 is 1.41 bits per heavy atom. The van der Waals surface area contributed by atoms with Crippen LogP contribution in [0, 0.1) is 0 Å². The molecular weight excluding hydrogens is 1410 g/mol. The molecule has 3 N–H and O–H groups in total. The summed E-state index contributed by atoms with van der Waals surface area (Å²) in [6.45, 7) is 18.4. The Balaban J connectivity index is 0.000000110. The van der Waals surface area contributed by atoms with Crippen molar-refractivity contribution in [2.45, 2.75) is 165 Å². The van der Waals surface area contributed by atoms with Gasteiger partial charge in [0.25, 0.3) is 12.0 Å². The lowest BCUT2D eigenvalue weighted by Gasteiger charge is -2.40. The maximum atomic E-state index is 10.9. The van der Waals surface area contributed by atoms with Crippen LogP contribution in [0.25, 0.3) is 43.0 Å². The molecule has 0 radical (unpaired) electrons. The minimum atomic E-state index is -0.757. The molecule has 26 heteroatoms. The summed E-state index contributed by atoms with van der Waals surface area (Å²) in [4.78, 5) is 64.7. The van der Waals surface area contributed by atoms with Crippen molar-refractivity contribution in [3.05, 3.63) is 156 Å². The zero-order chi connectivity index (χ0) is 73.0. The Morgan fingerprint density at radius 1 is 0.398 bits per heavy atom. The van der Waals surface area contributed by atoms with Crippen molar-refractivity contribution in [3.63, 3.8) is 0 Å². The van der Waals surface area contributed by atoms with E-state index in [1.54, 1.807) is 65.9 Å². The number of aromatic nitrogens is 10. The Morgan fingerprint density at radius 2 is 0.870 bits per heavy atom. The van der Waals surface area contributed by atoms with Crippen molar-refractivity contribution in [1.82, 2.24) is 69.4 Å². The van der Waals surface area contributed by atoms with E-state index in [1.807, 2.05) is 78.9 Å². The van der Waals surface area contributed by atoms with Gasteiger partial charge in [-0.15, -0.1) is 0 Å². The van der Waals surface area contributed by atoms with Gasteiger partial charge in [0.05, 0.1) is 27.5 Å². The molecule has 11 aromatic rings. The smallest absolute Gasteiger partial charge is 0.299 e. The van der Waals surface area contributed by atoms with E-state index in [2.05, 4.69) is 90.5 Å². The number of likely N-dealkylation sites (tertiary alicyclic amines) is 4. The number of benzene rings is 2. The monoisotopic (exact) mass is 1520 g/mol. The first-order valence-electron chi connectivity index (χ1n) is 39.9. The minimum absolute atomic E-state index is 0.548. The average Bonchev–Trinajstić information content (AvgIpc) is 1.63. The molecule has 0 aliphatic carbocycles. The van der Waals surface area contributed by atoms with Crippen LogP contribution < -0.4 is 24.9 Å². The van der Waals surface area contributed by atoms with E-state index >= 15 is 0 Å². The van der Waals surface area contributed by atoms with E-state index in [9.17, 15) is 10.2 Å². The molecule has 17 heterocycles. The average molecular weight is 1520 g/mol. The van der Waals surface area contributed by atoms with E-state index < -0.39 is 12.2 Å². The lowest BCUT2D eigenvalue weighted by Crippen LogP contribution is -2.46. The molecule has 8 saturated heterocycles. The highest BCUT2D eigenvalue weighted by Gasteiger charge is 2.33. The Kier molecular flexibility index (Phi) is 24.5. The van der Waals surface area contributed by atoms with Gasteiger partial charge in [0.2, 0.25) is 17.2 Å². The first-order chi connectivity index (χ1) is 53.2. The predicted molar refractivity (Wildman–Crippen MR) is 432 cm³/mol. The number of nitrogens with zero attached hydrogens (tertiary/aromatic N) is 18. The molecule has 568 valence electrons. The number of piperidine rings is 8. The molecular formula is C82H102ClN19O4S2. The van der Waals surface area contributed by atoms with Gasteiger partial charge in [-0.2, -0.15) is 15.0 Å². The van der Waals surface area contributed by atoms with Crippen LogP contribution in [0.2, 0.25) is 5.15 Å². The number of oxazole rings is 2. The van der Waals surface area contributed by atoms with Crippen molar-refractivity contribution in [3.8, 4) is 0 Å². The van der Waals surface area contributed by atoms with Crippen LogP contribution in [0.15, 0.2) is 137 Å². The summed E-state index contributed by atoms with van der Waals surface area (Å²) in [5, 5.41) is 27.5. The van der Waals surface area contributed by atoms with E-state index in [-0.39, 0.29) is 0 Å². The van der Waals surface area contributed by atoms with Crippen molar-refractivity contribution in [1.29, 1.82) is 0 Å². The van der Waals surface area contributed by atoms with Gasteiger partial charge in [-0.05, 0) is 197 Å². The third kappa shape index (κ3) is 18.2. The minimum Gasteiger partial charge on any atom is -0.422 e. The quantitative estimate of drug-likeness (QED) is 0.0859. The van der Waals surface area contributed by atoms with Crippen molar-refractivity contribution >= 4 is 111 Å². The number of rotatable bonds is 14. The topological polar surface area (TPSA) is 234 Å². The number of aliphatic hydroxyl groups excluding tert-OH is 2. The second kappa shape index (κ2) is 35.7. The summed E-state index contributed by atoms with van der Waals surface area (Å²) >= 11 is 9.42. The Hall–Kier alpha value is -8.11. The molecule has 8 aliphatic heterocycles. The Labute approximate surface area is 645 Å². The van der Waals surface area contributed by atoms with Gasteiger partial charge in [0, 0.05) is 112 Å². The fraction of sp³-hybridized carbons (Fsp3) is 0.512. The molecule has 108 heavy (non-hydrogen) atoms. The van der Waals surface area contributed by atoms with Crippen LogP contribution in [0.1, 0.15) is 163 Å². The van der Waals surface area contributed by atoms with Crippen molar-refractivity contribution in [2.24, 2.45) is 0 Å². The molecule has 0 spiro atoms.